The summed E-state index contributed by atoms with van der Waals surface area (Å²) in [6.07, 6.45) is 0. The number of methoxy groups -OCH3 is 2. The highest BCUT2D eigenvalue weighted by Gasteiger charge is 2.29. The molecule has 0 saturated heterocycles. The van der Waals surface area contributed by atoms with Crippen molar-refractivity contribution < 1.29 is 18.7 Å². The Labute approximate surface area is 135 Å². The third kappa shape index (κ3) is 3.87. The standard InChI is InChI=1S/C18H20FNO3/c1-18(23-3,15-6-4-5-7-16(15)19)12-20-17(21)13-8-10-14(22-2)11-9-13/h4-11H,12H2,1-3H3,(H,20,21). The van der Waals surface area contributed by atoms with Crippen molar-refractivity contribution in [2.24, 2.45) is 0 Å². The van der Waals surface area contributed by atoms with Crippen LogP contribution in [0.1, 0.15) is 22.8 Å². The molecule has 23 heavy (non-hydrogen) atoms. The van der Waals surface area contributed by atoms with Crippen LogP contribution in [0.15, 0.2) is 48.5 Å². The van der Waals surface area contributed by atoms with Crippen LogP contribution in [0.2, 0.25) is 0 Å². The number of nitrogens with one attached hydrogen (secondary N) is 1. The summed E-state index contributed by atoms with van der Waals surface area (Å²) < 4.78 is 24.5. The highest BCUT2D eigenvalue weighted by atomic mass is 19.1. The average molecular weight is 317 g/mol. The van der Waals surface area contributed by atoms with Gasteiger partial charge >= 0.3 is 0 Å². The van der Waals surface area contributed by atoms with Gasteiger partial charge in [0, 0.05) is 18.2 Å². The molecule has 0 spiro atoms. The van der Waals surface area contributed by atoms with Crippen LogP contribution >= 0.6 is 0 Å². The van der Waals surface area contributed by atoms with Crippen LogP contribution in [-0.2, 0) is 10.3 Å². The van der Waals surface area contributed by atoms with Gasteiger partial charge in [-0.1, -0.05) is 18.2 Å². The molecule has 1 unspecified atom stereocenters. The lowest BCUT2D eigenvalue weighted by atomic mass is 9.95. The minimum absolute atomic E-state index is 0.148. The number of benzene rings is 2. The number of amides is 1. The summed E-state index contributed by atoms with van der Waals surface area (Å²) in [6.45, 7) is 1.88. The van der Waals surface area contributed by atoms with Crippen LogP contribution in [0.4, 0.5) is 4.39 Å². The van der Waals surface area contributed by atoms with E-state index in [2.05, 4.69) is 5.32 Å². The summed E-state index contributed by atoms with van der Waals surface area (Å²) in [5.74, 6) is 0.0532. The van der Waals surface area contributed by atoms with Gasteiger partial charge in [0.25, 0.3) is 5.91 Å². The van der Waals surface area contributed by atoms with Gasteiger partial charge in [-0.05, 0) is 37.3 Å². The molecule has 0 aliphatic heterocycles. The molecular weight excluding hydrogens is 297 g/mol. The Balaban J connectivity index is 2.10. The normalized spacial score (nSPS) is 13.2. The van der Waals surface area contributed by atoms with Gasteiger partial charge in [-0.2, -0.15) is 0 Å². The van der Waals surface area contributed by atoms with Crippen LogP contribution in [0.25, 0.3) is 0 Å². The molecule has 0 heterocycles. The molecule has 0 fully saturated rings. The number of rotatable bonds is 6. The van der Waals surface area contributed by atoms with Gasteiger partial charge in [0.1, 0.15) is 17.2 Å². The van der Waals surface area contributed by atoms with E-state index in [1.807, 2.05) is 0 Å². The third-order valence-corrected chi connectivity index (χ3v) is 3.83. The van der Waals surface area contributed by atoms with E-state index in [0.29, 0.717) is 16.9 Å². The van der Waals surface area contributed by atoms with E-state index >= 15 is 0 Å². The topological polar surface area (TPSA) is 47.6 Å². The Morgan fingerprint density at radius 1 is 1.13 bits per heavy atom. The van der Waals surface area contributed by atoms with Gasteiger partial charge in [-0.3, -0.25) is 4.79 Å². The van der Waals surface area contributed by atoms with E-state index in [1.165, 1.54) is 13.2 Å². The fraction of sp³-hybridized carbons (Fsp3) is 0.278. The number of hydrogen-bond acceptors (Lipinski definition) is 3. The number of halogens is 1. The summed E-state index contributed by atoms with van der Waals surface area (Å²) in [5.41, 5.74) is -0.0525. The summed E-state index contributed by atoms with van der Waals surface area (Å²) in [6, 6.07) is 13.1. The predicted molar refractivity (Wildman–Crippen MR) is 86.1 cm³/mol. The summed E-state index contributed by atoms with van der Waals surface area (Å²) in [7, 11) is 3.06. The monoisotopic (exact) mass is 317 g/mol. The number of ether oxygens (including phenoxy) is 2. The SMILES string of the molecule is COc1ccc(C(=O)NCC(C)(OC)c2ccccc2F)cc1. The molecule has 0 radical (unpaired) electrons. The molecule has 122 valence electrons. The molecule has 0 aliphatic carbocycles. The molecule has 0 aromatic heterocycles. The second kappa shape index (κ2) is 7.24. The van der Waals surface area contributed by atoms with Gasteiger partial charge < -0.3 is 14.8 Å². The lowest BCUT2D eigenvalue weighted by Crippen LogP contribution is -2.40. The Morgan fingerprint density at radius 2 is 1.78 bits per heavy atom. The molecule has 1 atom stereocenters. The van der Waals surface area contributed by atoms with Crippen molar-refractivity contribution in [3.8, 4) is 5.75 Å². The van der Waals surface area contributed by atoms with Crippen LogP contribution in [0, 0.1) is 5.82 Å². The number of carbonyl (C=O) groups is 1. The zero-order valence-electron chi connectivity index (χ0n) is 13.4. The van der Waals surface area contributed by atoms with Crippen molar-refractivity contribution in [2.45, 2.75) is 12.5 Å². The Hall–Kier alpha value is -2.40. The fourth-order valence-electron chi connectivity index (χ4n) is 2.26. The highest BCUT2D eigenvalue weighted by molar-refractivity contribution is 5.94. The Kier molecular flexibility index (Phi) is 5.34. The van der Waals surface area contributed by atoms with E-state index in [-0.39, 0.29) is 18.3 Å². The molecule has 1 N–H and O–H groups in total. The van der Waals surface area contributed by atoms with Crippen molar-refractivity contribution in [3.63, 3.8) is 0 Å². The fourth-order valence-corrected chi connectivity index (χ4v) is 2.26. The lowest BCUT2D eigenvalue weighted by molar-refractivity contribution is 0.000388. The Bertz CT molecular complexity index is 672. The van der Waals surface area contributed by atoms with Gasteiger partial charge in [0.15, 0.2) is 0 Å². The first-order chi connectivity index (χ1) is 11.0. The van der Waals surface area contributed by atoms with Crippen LogP contribution in [-0.4, -0.2) is 26.7 Å². The molecule has 2 rings (SSSR count). The first-order valence-corrected chi connectivity index (χ1v) is 7.22. The van der Waals surface area contributed by atoms with Gasteiger partial charge in [-0.15, -0.1) is 0 Å². The zero-order valence-corrected chi connectivity index (χ0v) is 13.4. The molecule has 4 nitrogen and oxygen atoms in total. The van der Waals surface area contributed by atoms with E-state index in [4.69, 9.17) is 9.47 Å². The van der Waals surface area contributed by atoms with Crippen molar-refractivity contribution in [3.05, 3.63) is 65.5 Å². The van der Waals surface area contributed by atoms with Crippen LogP contribution in [0.5, 0.6) is 5.75 Å². The quantitative estimate of drug-likeness (QED) is 0.890. The molecule has 2 aromatic rings. The minimum Gasteiger partial charge on any atom is -0.497 e. The smallest absolute Gasteiger partial charge is 0.251 e. The summed E-state index contributed by atoms with van der Waals surface area (Å²) >= 11 is 0. The maximum Gasteiger partial charge on any atom is 0.251 e. The molecule has 0 aliphatic rings. The second-order valence-electron chi connectivity index (χ2n) is 5.33. The van der Waals surface area contributed by atoms with E-state index in [9.17, 15) is 9.18 Å². The second-order valence-corrected chi connectivity index (χ2v) is 5.33. The maximum absolute atomic E-state index is 14.0. The molecule has 5 heteroatoms. The first-order valence-electron chi connectivity index (χ1n) is 7.22. The minimum atomic E-state index is -0.951. The maximum atomic E-state index is 14.0. The average Bonchev–Trinajstić information content (AvgIpc) is 2.60. The molecule has 0 bridgehead atoms. The zero-order chi connectivity index (χ0) is 16.9. The molecule has 0 saturated carbocycles. The molecular formula is C18H20FNO3. The number of hydrogen-bond donors (Lipinski definition) is 1. The van der Waals surface area contributed by atoms with Crippen molar-refractivity contribution in [1.29, 1.82) is 0 Å². The van der Waals surface area contributed by atoms with Gasteiger partial charge in [0.05, 0.1) is 13.7 Å². The first kappa shape index (κ1) is 17.0. The van der Waals surface area contributed by atoms with E-state index < -0.39 is 5.60 Å². The molecule has 2 aromatic carbocycles. The van der Waals surface area contributed by atoms with Gasteiger partial charge in [0.2, 0.25) is 0 Å². The lowest BCUT2D eigenvalue weighted by Gasteiger charge is -2.29. The van der Waals surface area contributed by atoms with Crippen molar-refractivity contribution in [2.75, 3.05) is 20.8 Å². The number of carbonyl (C=O) groups excluding carboxylic acids is 1. The van der Waals surface area contributed by atoms with Gasteiger partial charge in [-0.25, -0.2) is 4.39 Å². The van der Waals surface area contributed by atoms with Crippen molar-refractivity contribution >= 4 is 5.91 Å². The third-order valence-electron chi connectivity index (χ3n) is 3.83. The largest absolute Gasteiger partial charge is 0.497 e. The van der Waals surface area contributed by atoms with Crippen LogP contribution < -0.4 is 10.1 Å². The summed E-state index contributed by atoms with van der Waals surface area (Å²) in [4.78, 5) is 12.2. The van der Waals surface area contributed by atoms with Crippen LogP contribution in [0.3, 0.4) is 0 Å². The summed E-state index contributed by atoms with van der Waals surface area (Å²) in [5, 5.41) is 2.78. The molecule has 1 amide bonds. The van der Waals surface area contributed by atoms with E-state index in [1.54, 1.807) is 56.5 Å². The predicted octanol–water partition coefficient (Wildman–Crippen LogP) is 3.13. The Morgan fingerprint density at radius 3 is 2.35 bits per heavy atom. The highest BCUT2D eigenvalue weighted by Crippen LogP contribution is 2.26. The van der Waals surface area contributed by atoms with Crippen molar-refractivity contribution in [1.82, 2.24) is 5.32 Å². The van der Waals surface area contributed by atoms with E-state index in [0.717, 1.165) is 0 Å².